The lowest BCUT2D eigenvalue weighted by Gasteiger charge is -2.04. The lowest BCUT2D eigenvalue weighted by atomic mass is 10.1. The molecule has 5 nitrogen and oxygen atoms in total. The first-order valence-corrected chi connectivity index (χ1v) is 6.30. The maximum atomic E-state index is 4.11. The minimum absolute atomic E-state index is 0.699. The van der Waals surface area contributed by atoms with Crippen LogP contribution < -0.4 is 5.32 Å². The molecule has 0 atom stereocenters. The fourth-order valence-electron chi connectivity index (χ4n) is 1.73. The van der Waals surface area contributed by atoms with E-state index in [1.165, 1.54) is 11.5 Å². The van der Waals surface area contributed by atoms with Crippen molar-refractivity contribution in [3.8, 4) is 11.3 Å². The standard InChI is InChI=1S/C12H11N5S/c1-2-4-9(5-3-1)12-10(7-14-16-12)6-13-11-8-15-17-18-11/h1-5,7-8,13H,6H2,(H,14,16). The minimum atomic E-state index is 0.699. The molecule has 0 bridgehead atoms. The average Bonchev–Trinajstić information content (AvgIpc) is 3.09. The maximum absolute atomic E-state index is 4.11. The third kappa shape index (κ3) is 2.23. The van der Waals surface area contributed by atoms with E-state index in [0.29, 0.717) is 6.54 Å². The third-order valence-electron chi connectivity index (χ3n) is 2.59. The first-order valence-electron chi connectivity index (χ1n) is 5.52. The number of hydrogen-bond acceptors (Lipinski definition) is 5. The topological polar surface area (TPSA) is 66.5 Å². The molecule has 0 aliphatic carbocycles. The van der Waals surface area contributed by atoms with Crippen LogP contribution in [0.3, 0.4) is 0 Å². The molecule has 1 aromatic carbocycles. The van der Waals surface area contributed by atoms with E-state index in [0.717, 1.165) is 21.8 Å². The highest BCUT2D eigenvalue weighted by Crippen LogP contribution is 2.21. The molecule has 2 N–H and O–H groups in total. The molecule has 0 fully saturated rings. The van der Waals surface area contributed by atoms with Gasteiger partial charge in [-0.2, -0.15) is 5.10 Å². The van der Waals surface area contributed by atoms with Crippen LogP contribution in [0.2, 0.25) is 0 Å². The molecule has 0 radical (unpaired) electrons. The van der Waals surface area contributed by atoms with Crippen LogP contribution in [0.25, 0.3) is 11.3 Å². The van der Waals surface area contributed by atoms with Crippen molar-refractivity contribution in [1.82, 2.24) is 19.8 Å². The highest BCUT2D eigenvalue weighted by atomic mass is 32.1. The molecular formula is C12H11N5S. The Balaban J connectivity index is 1.80. The maximum Gasteiger partial charge on any atom is 0.130 e. The van der Waals surface area contributed by atoms with Gasteiger partial charge in [0.1, 0.15) is 5.00 Å². The van der Waals surface area contributed by atoms with Crippen molar-refractivity contribution in [3.63, 3.8) is 0 Å². The van der Waals surface area contributed by atoms with Crippen LogP contribution in [0.15, 0.2) is 42.7 Å². The van der Waals surface area contributed by atoms with Gasteiger partial charge in [0.2, 0.25) is 0 Å². The van der Waals surface area contributed by atoms with Crippen LogP contribution in [-0.2, 0) is 6.54 Å². The van der Waals surface area contributed by atoms with Crippen LogP contribution in [-0.4, -0.2) is 19.8 Å². The zero-order valence-electron chi connectivity index (χ0n) is 9.50. The normalized spacial score (nSPS) is 10.4. The number of aromatic amines is 1. The zero-order valence-corrected chi connectivity index (χ0v) is 10.3. The average molecular weight is 257 g/mol. The molecule has 0 unspecified atom stereocenters. The predicted molar refractivity (Wildman–Crippen MR) is 71.3 cm³/mol. The highest BCUT2D eigenvalue weighted by molar-refractivity contribution is 7.09. The summed E-state index contributed by atoms with van der Waals surface area (Å²) in [5.41, 5.74) is 3.30. The van der Waals surface area contributed by atoms with Crippen LogP contribution in [0, 0.1) is 0 Å². The number of H-pyrrole nitrogens is 1. The van der Waals surface area contributed by atoms with Crippen molar-refractivity contribution in [2.24, 2.45) is 0 Å². The SMILES string of the molecule is c1ccc(-c2[nH]ncc2CNc2cnns2)cc1. The van der Waals surface area contributed by atoms with Gasteiger partial charge in [0.15, 0.2) is 0 Å². The highest BCUT2D eigenvalue weighted by Gasteiger charge is 2.07. The Bertz CT molecular complexity index is 602. The van der Waals surface area contributed by atoms with Crippen molar-refractivity contribution in [3.05, 3.63) is 48.3 Å². The molecule has 0 amide bonds. The van der Waals surface area contributed by atoms with E-state index in [-0.39, 0.29) is 0 Å². The zero-order chi connectivity index (χ0) is 12.2. The van der Waals surface area contributed by atoms with Crippen molar-refractivity contribution < 1.29 is 0 Å². The van der Waals surface area contributed by atoms with Crippen LogP contribution in [0.1, 0.15) is 5.56 Å². The lowest BCUT2D eigenvalue weighted by Crippen LogP contribution is -1.98. The number of nitrogens with zero attached hydrogens (tertiary/aromatic N) is 3. The van der Waals surface area contributed by atoms with Crippen LogP contribution in [0.4, 0.5) is 5.00 Å². The van der Waals surface area contributed by atoms with Crippen LogP contribution >= 0.6 is 11.5 Å². The molecule has 0 aliphatic rings. The van der Waals surface area contributed by atoms with E-state index in [9.17, 15) is 0 Å². The summed E-state index contributed by atoms with van der Waals surface area (Å²) >= 11 is 1.34. The number of nitrogens with one attached hydrogen (secondary N) is 2. The van der Waals surface area contributed by atoms with Gasteiger partial charge in [-0.15, -0.1) is 5.10 Å². The van der Waals surface area contributed by atoms with E-state index >= 15 is 0 Å². The summed E-state index contributed by atoms with van der Waals surface area (Å²) in [5.74, 6) is 0. The second-order valence-electron chi connectivity index (χ2n) is 3.77. The van der Waals surface area contributed by atoms with E-state index < -0.39 is 0 Å². The Morgan fingerprint density at radius 2 is 2.06 bits per heavy atom. The summed E-state index contributed by atoms with van der Waals surface area (Å²) in [4.78, 5) is 0. The van der Waals surface area contributed by atoms with E-state index in [4.69, 9.17) is 0 Å². The molecule has 90 valence electrons. The predicted octanol–water partition coefficient (Wildman–Crippen LogP) is 2.54. The molecule has 0 aliphatic heterocycles. The Kier molecular flexibility index (Phi) is 3.01. The minimum Gasteiger partial charge on any atom is -0.370 e. The van der Waals surface area contributed by atoms with Gasteiger partial charge < -0.3 is 5.32 Å². The van der Waals surface area contributed by atoms with Gasteiger partial charge >= 0.3 is 0 Å². The van der Waals surface area contributed by atoms with Crippen molar-refractivity contribution in [1.29, 1.82) is 0 Å². The third-order valence-corrected chi connectivity index (χ3v) is 3.22. The summed E-state index contributed by atoms with van der Waals surface area (Å²) in [6, 6.07) is 10.2. The lowest BCUT2D eigenvalue weighted by molar-refractivity contribution is 1.10. The second-order valence-corrected chi connectivity index (χ2v) is 4.56. The summed E-state index contributed by atoms with van der Waals surface area (Å²) in [6.07, 6.45) is 3.55. The van der Waals surface area contributed by atoms with Gasteiger partial charge in [0.05, 0.1) is 18.1 Å². The molecule has 2 aromatic heterocycles. The Morgan fingerprint density at radius 3 is 2.83 bits per heavy atom. The Hall–Kier alpha value is -2.21. The Labute approximate surface area is 108 Å². The number of aromatic nitrogens is 4. The molecule has 3 rings (SSSR count). The van der Waals surface area contributed by atoms with Gasteiger partial charge in [-0.1, -0.05) is 34.8 Å². The molecular weight excluding hydrogens is 246 g/mol. The largest absolute Gasteiger partial charge is 0.370 e. The molecule has 0 spiro atoms. The number of hydrogen-bond donors (Lipinski definition) is 2. The van der Waals surface area contributed by atoms with Crippen molar-refractivity contribution >= 4 is 16.5 Å². The van der Waals surface area contributed by atoms with Gasteiger partial charge in [-0.3, -0.25) is 5.10 Å². The molecule has 3 aromatic rings. The fourth-order valence-corrected chi connectivity index (χ4v) is 2.14. The van der Waals surface area contributed by atoms with E-state index in [2.05, 4.69) is 37.2 Å². The number of rotatable bonds is 4. The first-order chi connectivity index (χ1) is 8.93. The molecule has 0 saturated carbocycles. The quantitative estimate of drug-likeness (QED) is 0.753. The summed E-state index contributed by atoms with van der Waals surface area (Å²) in [5, 5.41) is 15.1. The smallest absolute Gasteiger partial charge is 0.130 e. The van der Waals surface area contributed by atoms with Gasteiger partial charge in [-0.05, 0) is 5.56 Å². The first kappa shape index (κ1) is 10.9. The summed E-state index contributed by atoms with van der Waals surface area (Å²) < 4.78 is 3.81. The Morgan fingerprint density at radius 1 is 1.17 bits per heavy atom. The number of benzene rings is 1. The van der Waals surface area contributed by atoms with Gasteiger partial charge in [0.25, 0.3) is 0 Å². The molecule has 0 saturated heterocycles. The molecule has 2 heterocycles. The van der Waals surface area contributed by atoms with E-state index in [1.807, 2.05) is 24.4 Å². The van der Waals surface area contributed by atoms with E-state index in [1.54, 1.807) is 6.20 Å². The summed E-state index contributed by atoms with van der Waals surface area (Å²) in [6.45, 7) is 0.699. The van der Waals surface area contributed by atoms with Crippen molar-refractivity contribution in [2.45, 2.75) is 6.54 Å². The van der Waals surface area contributed by atoms with Gasteiger partial charge in [-0.25, -0.2) is 0 Å². The molecule has 18 heavy (non-hydrogen) atoms. The second kappa shape index (κ2) is 4.97. The van der Waals surface area contributed by atoms with Crippen molar-refractivity contribution in [2.75, 3.05) is 5.32 Å². The molecule has 6 heteroatoms. The van der Waals surface area contributed by atoms with Gasteiger partial charge in [0, 0.05) is 23.6 Å². The number of anilines is 1. The summed E-state index contributed by atoms with van der Waals surface area (Å²) in [7, 11) is 0. The fraction of sp³-hybridized carbons (Fsp3) is 0.0833. The van der Waals surface area contributed by atoms with Crippen LogP contribution in [0.5, 0.6) is 0 Å². The monoisotopic (exact) mass is 257 g/mol.